The first-order valence-electron chi connectivity index (χ1n) is 9.09. The second kappa shape index (κ2) is 7.69. The van der Waals surface area contributed by atoms with Gasteiger partial charge in [0.25, 0.3) is 0 Å². The summed E-state index contributed by atoms with van der Waals surface area (Å²) < 4.78 is 5.27. The molecular weight excluding hydrogens is 343 g/mol. The predicted molar refractivity (Wildman–Crippen MR) is 115 cm³/mol. The molecule has 4 heteroatoms. The van der Waals surface area contributed by atoms with Gasteiger partial charge >= 0.3 is 0 Å². The van der Waals surface area contributed by atoms with Gasteiger partial charge < -0.3 is 4.74 Å². The van der Waals surface area contributed by atoms with Crippen molar-refractivity contribution in [3.63, 3.8) is 0 Å². The topological polar surface area (TPSA) is 35.0 Å². The molecule has 0 amide bonds. The minimum Gasteiger partial charge on any atom is -0.497 e. The smallest absolute Gasteiger partial charge is 0.160 e. The summed E-state index contributed by atoms with van der Waals surface area (Å²) in [5.41, 5.74) is 6.64. The molecule has 3 aromatic carbocycles. The first-order valence-corrected chi connectivity index (χ1v) is 9.09. The molecule has 0 saturated carbocycles. The van der Waals surface area contributed by atoms with E-state index < -0.39 is 0 Å². The van der Waals surface area contributed by atoms with Gasteiger partial charge in [-0.25, -0.2) is 9.97 Å². The average Bonchev–Trinajstić information content (AvgIpc) is 2.74. The first-order chi connectivity index (χ1) is 13.6. The third-order valence-electron chi connectivity index (χ3n) is 4.63. The summed E-state index contributed by atoms with van der Waals surface area (Å²) in [6, 6.07) is 25.9. The van der Waals surface area contributed by atoms with Crippen molar-refractivity contribution in [1.82, 2.24) is 9.97 Å². The van der Waals surface area contributed by atoms with Gasteiger partial charge in [-0.1, -0.05) is 59.6 Å². The van der Waals surface area contributed by atoms with Crippen LogP contribution in [0.2, 0.25) is 0 Å². The first kappa shape index (κ1) is 18.0. The normalized spacial score (nSPS) is 10.6. The lowest BCUT2D eigenvalue weighted by molar-refractivity contribution is 0.415. The van der Waals surface area contributed by atoms with Crippen LogP contribution in [0.5, 0.6) is 5.75 Å². The SMILES string of the molecule is [B]c1ccc(-c2cc(-c3ccc(OC)cc3)nc(-c3ccc(C)cc3)n2)cc1. The maximum Gasteiger partial charge on any atom is 0.160 e. The monoisotopic (exact) mass is 362 g/mol. The molecule has 4 rings (SSSR count). The number of hydrogen-bond acceptors (Lipinski definition) is 3. The van der Waals surface area contributed by atoms with Crippen LogP contribution in [0.1, 0.15) is 5.56 Å². The lowest BCUT2D eigenvalue weighted by Crippen LogP contribution is -2.00. The van der Waals surface area contributed by atoms with Gasteiger partial charge in [0, 0.05) is 16.7 Å². The number of aryl methyl sites for hydroxylation is 1. The number of hydrogen-bond donors (Lipinski definition) is 0. The van der Waals surface area contributed by atoms with Gasteiger partial charge in [0.15, 0.2) is 5.82 Å². The molecule has 0 N–H and O–H groups in total. The molecule has 0 fully saturated rings. The fourth-order valence-corrected chi connectivity index (χ4v) is 2.99. The number of ether oxygens (including phenoxy) is 1. The number of rotatable bonds is 4. The molecule has 0 aliphatic heterocycles. The van der Waals surface area contributed by atoms with E-state index >= 15 is 0 Å². The Morgan fingerprint density at radius 3 is 1.71 bits per heavy atom. The van der Waals surface area contributed by atoms with Crippen LogP contribution >= 0.6 is 0 Å². The van der Waals surface area contributed by atoms with Gasteiger partial charge in [0.2, 0.25) is 0 Å². The lowest BCUT2D eigenvalue weighted by atomic mass is 9.94. The summed E-state index contributed by atoms with van der Waals surface area (Å²) in [6.45, 7) is 2.07. The average molecular weight is 362 g/mol. The minimum atomic E-state index is 0.695. The summed E-state index contributed by atoms with van der Waals surface area (Å²) in [7, 11) is 7.50. The molecule has 0 atom stereocenters. The molecule has 0 aliphatic carbocycles. The van der Waals surface area contributed by atoms with Crippen molar-refractivity contribution in [2.45, 2.75) is 6.92 Å². The Morgan fingerprint density at radius 1 is 0.679 bits per heavy atom. The highest BCUT2D eigenvalue weighted by Gasteiger charge is 2.10. The Labute approximate surface area is 166 Å². The maximum atomic E-state index is 5.84. The van der Waals surface area contributed by atoms with Crippen molar-refractivity contribution in [2.24, 2.45) is 0 Å². The third-order valence-corrected chi connectivity index (χ3v) is 4.63. The van der Waals surface area contributed by atoms with Gasteiger partial charge in [-0.2, -0.15) is 0 Å². The van der Waals surface area contributed by atoms with Crippen LogP contribution in [-0.2, 0) is 0 Å². The van der Waals surface area contributed by atoms with Crippen molar-refractivity contribution < 1.29 is 4.74 Å². The summed E-state index contributed by atoms with van der Waals surface area (Å²) >= 11 is 0. The Hall–Kier alpha value is -3.40. The van der Waals surface area contributed by atoms with Gasteiger partial charge in [-0.05, 0) is 37.3 Å². The van der Waals surface area contributed by atoms with Crippen molar-refractivity contribution in [3.05, 3.63) is 84.4 Å². The van der Waals surface area contributed by atoms with E-state index in [4.69, 9.17) is 22.6 Å². The Kier molecular flexibility index (Phi) is 4.94. The van der Waals surface area contributed by atoms with E-state index in [-0.39, 0.29) is 0 Å². The number of benzene rings is 3. The van der Waals surface area contributed by atoms with Crippen LogP contribution in [0.3, 0.4) is 0 Å². The highest BCUT2D eigenvalue weighted by molar-refractivity contribution is 6.32. The maximum absolute atomic E-state index is 5.84. The molecule has 0 saturated heterocycles. The van der Waals surface area contributed by atoms with Gasteiger partial charge in [-0.3, -0.25) is 0 Å². The van der Waals surface area contributed by atoms with Gasteiger partial charge in [-0.15, -0.1) is 0 Å². The van der Waals surface area contributed by atoms with E-state index in [0.29, 0.717) is 5.82 Å². The Morgan fingerprint density at radius 2 is 1.18 bits per heavy atom. The fourth-order valence-electron chi connectivity index (χ4n) is 2.99. The van der Waals surface area contributed by atoms with E-state index in [1.807, 2.05) is 54.6 Å². The summed E-state index contributed by atoms with van der Waals surface area (Å²) in [5, 5.41) is 0. The van der Waals surface area contributed by atoms with Crippen LogP contribution in [0.15, 0.2) is 78.9 Å². The number of aromatic nitrogens is 2. The van der Waals surface area contributed by atoms with E-state index in [1.165, 1.54) is 5.56 Å². The second-order valence-electron chi connectivity index (χ2n) is 6.68. The van der Waals surface area contributed by atoms with E-state index in [1.54, 1.807) is 7.11 Å². The van der Waals surface area contributed by atoms with Crippen LogP contribution in [0.25, 0.3) is 33.9 Å². The van der Waals surface area contributed by atoms with E-state index in [0.717, 1.165) is 39.3 Å². The number of methoxy groups -OCH3 is 1. The molecule has 4 aromatic rings. The van der Waals surface area contributed by atoms with Crippen molar-refractivity contribution >= 4 is 13.3 Å². The summed E-state index contributed by atoms with van der Waals surface area (Å²) in [5.74, 6) is 1.51. The molecule has 134 valence electrons. The van der Waals surface area contributed by atoms with Crippen LogP contribution in [0, 0.1) is 6.92 Å². The van der Waals surface area contributed by atoms with Gasteiger partial charge in [0.1, 0.15) is 13.6 Å². The molecule has 3 nitrogen and oxygen atoms in total. The Bertz CT molecular complexity index is 1030. The molecule has 1 heterocycles. The van der Waals surface area contributed by atoms with Crippen LogP contribution in [-0.4, -0.2) is 24.9 Å². The highest BCUT2D eigenvalue weighted by Crippen LogP contribution is 2.28. The van der Waals surface area contributed by atoms with E-state index in [2.05, 4.69) is 31.2 Å². The highest BCUT2D eigenvalue weighted by atomic mass is 16.5. The summed E-state index contributed by atoms with van der Waals surface area (Å²) in [4.78, 5) is 9.64. The molecule has 1 aromatic heterocycles. The number of nitrogens with zero attached hydrogens (tertiary/aromatic N) is 2. The van der Waals surface area contributed by atoms with Crippen molar-refractivity contribution in [1.29, 1.82) is 0 Å². The largest absolute Gasteiger partial charge is 0.497 e. The quantitative estimate of drug-likeness (QED) is 0.498. The zero-order valence-corrected chi connectivity index (χ0v) is 15.9. The summed E-state index contributed by atoms with van der Waals surface area (Å²) in [6.07, 6.45) is 0. The molecule has 0 aliphatic rings. The Balaban J connectivity index is 1.86. The molecule has 0 bridgehead atoms. The van der Waals surface area contributed by atoms with Crippen molar-refractivity contribution in [3.8, 4) is 39.7 Å². The zero-order valence-electron chi connectivity index (χ0n) is 15.9. The third kappa shape index (κ3) is 3.81. The van der Waals surface area contributed by atoms with Crippen LogP contribution < -0.4 is 10.2 Å². The molecule has 0 spiro atoms. The molecule has 28 heavy (non-hydrogen) atoms. The fraction of sp³-hybridized carbons (Fsp3) is 0.0833. The predicted octanol–water partition coefficient (Wildman–Crippen LogP) is 4.59. The molecule has 0 unspecified atom stereocenters. The standard InChI is InChI=1S/C24H19BN2O/c1-16-3-5-19(6-4-16)24-26-22(17-7-11-20(25)12-8-17)15-23(27-24)18-9-13-21(28-2)14-10-18/h3-15H,1-2H3. The van der Waals surface area contributed by atoms with Crippen LogP contribution in [0.4, 0.5) is 0 Å². The minimum absolute atomic E-state index is 0.695. The zero-order chi connectivity index (χ0) is 19.5. The van der Waals surface area contributed by atoms with E-state index in [9.17, 15) is 0 Å². The molecular formula is C24H19BN2O. The second-order valence-corrected chi connectivity index (χ2v) is 6.68. The molecule has 2 radical (unpaired) electrons. The lowest BCUT2D eigenvalue weighted by Gasteiger charge is -2.10. The van der Waals surface area contributed by atoms with Gasteiger partial charge in [0.05, 0.1) is 18.5 Å². The van der Waals surface area contributed by atoms with Crippen molar-refractivity contribution in [2.75, 3.05) is 7.11 Å².